The predicted molar refractivity (Wildman–Crippen MR) is 104 cm³/mol. The van der Waals surface area contributed by atoms with Gasteiger partial charge in [-0.2, -0.15) is 0 Å². The van der Waals surface area contributed by atoms with E-state index in [2.05, 4.69) is 11.6 Å². The van der Waals surface area contributed by atoms with E-state index in [1.807, 2.05) is 0 Å². The smallest absolute Gasteiger partial charge is 0.258 e. The minimum Gasteiger partial charge on any atom is -0.311 e. The molecule has 0 aromatic carbocycles. The highest BCUT2D eigenvalue weighted by Gasteiger charge is 2.19. The van der Waals surface area contributed by atoms with Crippen LogP contribution in [-0.2, 0) is 11.8 Å². The second kappa shape index (κ2) is 7.79. The van der Waals surface area contributed by atoms with Crippen molar-refractivity contribution in [2.24, 2.45) is 7.05 Å². The third kappa shape index (κ3) is 3.53. The lowest BCUT2D eigenvalue weighted by molar-refractivity contribution is -0.115. The Bertz CT molecular complexity index is 1030. The highest BCUT2D eigenvalue weighted by Crippen LogP contribution is 2.29. The minimum absolute atomic E-state index is 0.162. The highest BCUT2D eigenvalue weighted by molar-refractivity contribution is 6.30. The van der Waals surface area contributed by atoms with Gasteiger partial charge in [0.05, 0.1) is 5.52 Å². The SMILES string of the molecule is C=C(C(=O)CC)/C(F)=C(C)\C(=C/C)c1cc2cnc(Cl)cc2n(C)c1=O. The van der Waals surface area contributed by atoms with E-state index >= 15 is 0 Å². The number of carbonyl (C=O) groups excluding carboxylic acids is 1. The van der Waals surface area contributed by atoms with Crippen molar-refractivity contribution in [2.75, 3.05) is 0 Å². The summed E-state index contributed by atoms with van der Waals surface area (Å²) >= 11 is 5.91. The highest BCUT2D eigenvalue weighted by atomic mass is 35.5. The second-order valence-corrected chi connectivity index (χ2v) is 6.27. The average Bonchev–Trinajstić information content (AvgIpc) is 2.64. The van der Waals surface area contributed by atoms with E-state index in [1.165, 1.54) is 11.5 Å². The zero-order chi connectivity index (χ0) is 19.6. The average molecular weight is 375 g/mol. The molecule has 6 heteroatoms. The second-order valence-electron chi connectivity index (χ2n) is 5.88. The number of aromatic nitrogens is 2. The summed E-state index contributed by atoms with van der Waals surface area (Å²) in [5.74, 6) is -1.08. The summed E-state index contributed by atoms with van der Waals surface area (Å²) in [4.78, 5) is 28.6. The lowest BCUT2D eigenvalue weighted by Gasteiger charge is -2.13. The van der Waals surface area contributed by atoms with Crippen molar-refractivity contribution in [1.82, 2.24) is 9.55 Å². The number of carbonyl (C=O) groups is 1. The fraction of sp³-hybridized carbons (Fsp3) is 0.250. The molecule has 0 unspecified atom stereocenters. The van der Waals surface area contributed by atoms with Gasteiger partial charge in [0, 0.05) is 36.2 Å². The van der Waals surface area contributed by atoms with Crippen LogP contribution in [0.15, 0.2) is 52.8 Å². The van der Waals surface area contributed by atoms with Crippen molar-refractivity contribution in [3.63, 3.8) is 0 Å². The zero-order valence-corrected chi connectivity index (χ0v) is 15.9. The summed E-state index contributed by atoms with van der Waals surface area (Å²) in [6.45, 7) is 8.42. The monoisotopic (exact) mass is 374 g/mol. The molecule has 0 saturated carbocycles. The molecule has 0 aliphatic carbocycles. The molecule has 0 bridgehead atoms. The third-order valence-corrected chi connectivity index (χ3v) is 4.52. The number of nitrogens with zero attached hydrogens (tertiary/aromatic N) is 2. The van der Waals surface area contributed by atoms with Gasteiger partial charge in [0.15, 0.2) is 5.78 Å². The first-order valence-electron chi connectivity index (χ1n) is 8.14. The Morgan fingerprint density at radius 3 is 2.65 bits per heavy atom. The molecule has 136 valence electrons. The number of fused-ring (bicyclic) bond motifs is 1. The van der Waals surface area contributed by atoms with Crippen molar-refractivity contribution >= 4 is 33.9 Å². The molecule has 2 aromatic heterocycles. The molecule has 0 atom stereocenters. The Hall–Kier alpha value is -2.53. The number of halogens is 2. The van der Waals surface area contributed by atoms with Gasteiger partial charge in [-0.3, -0.25) is 9.59 Å². The molecule has 0 radical (unpaired) electrons. The number of allylic oxidation sites excluding steroid dienone is 5. The topological polar surface area (TPSA) is 52.0 Å². The van der Waals surface area contributed by atoms with Crippen LogP contribution < -0.4 is 5.56 Å². The first kappa shape index (κ1) is 19.8. The van der Waals surface area contributed by atoms with Crippen LogP contribution in [0.1, 0.15) is 32.8 Å². The Labute approximate surface area is 156 Å². The Kier molecular flexibility index (Phi) is 5.93. The van der Waals surface area contributed by atoms with Crippen LogP contribution in [0.2, 0.25) is 5.15 Å². The number of Topliss-reactive ketones (excluding diaryl/α,β-unsaturated/α-hetero) is 1. The summed E-state index contributed by atoms with van der Waals surface area (Å²) in [5, 5.41) is 0.977. The van der Waals surface area contributed by atoms with Gasteiger partial charge in [-0.25, -0.2) is 9.37 Å². The van der Waals surface area contributed by atoms with Crippen LogP contribution in [0.5, 0.6) is 0 Å². The largest absolute Gasteiger partial charge is 0.311 e. The molecule has 2 heterocycles. The van der Waals surface area contributed by atoms with Crippen LogP contribution >= 0.6 is 11.6 Å². The molecule has 0 aliphatic heterocycles. The van der Waals surface area contributed by atoms with Gasteiger partial charge in [-0.15, -0.1) is 0 Å². The summed E-state index contributed by atoms with van der Waals surface area (Å²) in [7, 11) is 1.62. The van der Waals surface area contributed by atoms with Crippen molar-refractivity contribution in [3.05, 3.63) is 69.0 Å². The Balaban J connectivity index is 2.71. The normalized spacial score (nSPS) is 12.9. The molecule has 0 N–H and O–H groups in total. The third-order valence-electron chi connectivity index (χ3n) is 4.31. The van der Waals surface area contributed by atoms with Gasteiger partial charge in [-0.1, -0.05) is 31.2 Å². The first-order chi connectivity index (χ1) is 12.2. The van der Waals surface area contributed by atoms with Crippen molar-refractivity contribution in [3.8, 4) is 0 Å². The molecule has 4 nitrogen and oxygen atoms in total. The number of rotatable bonds is 5. The van der Waals surface area contributed by atoms with Gasteiger partial charge < -0.3 is 4.57 Å². The predicted octanol–water partition coefficient (Wildman–Crippen LogP) is 4.77. The fourth-order valence-electron chi connectivity index (χ4n) is 2.79. The summed E-state index contributed by atoms with van der Waals surface area (Å²) in [6.07, 6.45) is 3.36. The van der Waals surface area contributed by atoms with Crippen molar-refractivity contribution < 1.29 is 9.18 Å². The van der Waals surface area contributed by atoms with E-state index in [-0.39, 0.29) is 34.1 Å². The number of ketones is 1. The molecule has 0 amide bonds. The number of hydrogen-bond donors (Lipinski definition) is 0. The maximum absolute atomic E-state index is 14.7. The van der Waals surface area contributed by atoms with Crippen LogP contribution in [0.4, 0.5) is 4.39 Å². The number of hydrogen-bond acceptors (Lipinski definition) is 3. The summed E-state index contributed by atoms with van der Waals surface area (Å²) < 4.78 is 16.2. The molecule has 2 aromatic rings. The summed E-state index contributed by atoms with van der Waals surface area (Å²) in [5.41, 5.74) is 1.06. The molecule has 0 fully saturated rings. The fourth-order valence-corrected chi connectivity index (χ4v) is 2.94. The van der Waals surface area contributed by atoms with Crippen LogP contribution in [-0.4, -0.2) is 15.3 Å². The van der Waals surface area contributed by atoms with Crippen LogP contribution in [0.25, 0.3) is 16.5 Å². The Morgan fingerprint density at radius 1 is 1.42 bits per heavy atom. The van der Waals surface area contributed by atoms with Crippen LogP contribution in [0, 0.1) is 0 Å². The minimum atomic E-state index is -0.707. The van der Waals surface area contributed by atoms with E-state index < -0.39 is 5.83 Å². The van der Waals surface area contributed by atoms with E-state index in [0.29, 0.717) is 22.0 Å². The first-order valence-corrected chi connectivity index (χ1v) is 8.51. The molecule has 0 spiro atoms. The van der Waals surface area contributed by atoms with Gasteiger partial charge in [-0.05, 0) is 37.1 Å². The summed E-state index contributed by atoms with van der Waals surface area (Å²) in [6, 6.07) is 3.25. The van der Waals surface area contributed by atoms with E-state index in [9.17, 15) is 14.0 Å². The lowest BCUT2D eigenvalue weighted by atomic mass is 9.95. The quantitative estimate of drug-likeness (QED) is 0.430. The van der Waals surface area contributed by atoms with Gasteiger partial charge >= 0.3 is 0 Å². The molecular formula is C20H20ClFN2O2. The molecule has 2 rings (SSSR count). The number of pyridine rings is 2. The van der Waals surface area contributed by atoms with Crippen LogP contribution in [0.3, 0.4) is 0 Å². The zero-order valence-electron chi connectivity index (χ0n) is 15.2. The van der Waals surface area contributed by atoms with Crippen molar-refractivity contribution in [2.45, 2.75) is 27.2 Å². The van der Waals surface area contributed by atoms with Gasteiger partial charge in [0.1, 0.15) is 11.0 Å². The van der Waals surface area contributed by atoms with E-state index in [4.69, 9.17) is 11.6 Å². The number of aryl methyl sites for hydroxylation is 1. The molecule has 0 aliphatic rings. The maximum Gasteiger partial charge on any atom is 0.258 e. The van der Waals surface area contributed by atoms with Gasteiger partial charge in [0.2, 0.25) is 0 Å². The van der Waals surface area contributed by atoms with Gasteiger partial charge in [0.25, 0.3) is 5.56 Å². The molecule has 0 saturated heterocycles. The molecular weight excluding hydrogens is 355 g/mol. The molecule has 26 heavy (non-hydrogen) atoms. The van der Waals surface area contributed by atoms with Crippen molar-refractivity contribution in [1.29, 1.82) is 0 Å². The maximum atomic E-state index is 14.7. The standard InChI is InChI=1S/C20H20ClFN2O2/c1-6-14(11(3)19(22)12(4)17(25)7-2)15-8-13-10-23-18(21)9-16(13)24(5)20(15)26/h6,8-10H,4,7H2,1-3,5H3/b14-6+,19-11+. The van der Waals surface area contributed by atoms with E-state index in [1.54, 1.807) is 45.3 Å². The Morgan fingerprint density at radius 2 is 2.08 bits per heavy atom. The van der Waals surface area contributed by atoms with E-state index in [0.717, 1.165) is 0 Å². The lowest BCUT2D eigenvalue weighted by Crippen LogP contribution is -2.21.